The molecule has 3 rings (SSSR count). The van der Waals surface area contributed by atoms with Crippen LogP contribution in [0.1, 0.15) is 6.04 Å². The molecule has 2 aromatic rings. The lowest BCUT2D eigenvalue weighted by atomic mass is 10.2. The molecule has 6 heteroatoms. The fraction of sp³-hybridized carbons (Fsp3) is 0.300. The molecule has 0 bridgehead atoms. The highest BCUT2D eigenvalue weighted by Gasteiger charge is 2.21. The van der Waals surface area contributed by atoms with Crippen molar-refractivity contribution in [1.29, 1.82) is 0 Å². The Morgan fingerprint density at radius 2 is 2.06 bits per heavy atom. The highest BCUT2D eigenvalue weighted by molar-refractivity contribution is 5.85. The highest BCUT2D eigenvalue weighted by atomic mass is 35.5. The van der Waals surface area contributed by atoms with Crippen LogP contribution in [0.2, 0.25) is 0 Å². The second-order valence-electron chi connectivity index (χ2n) is 3.67. The van der Waals surface area contributed by atoms with Crippen molar-refractivity contribution in [3.05, 3.63) is 34.6 Å². The Morgan fingerprint density at radius 3 is 2.75 bits per heavy atom. The summed E-state index contributed by atoms with van der Waals surface area (Å²) >= 11 is 0. The lowest BCUT2D eigenvalue weighted by Crippen LogP contribution is -2.48. The van der Waals surface area contributed by atoms with Gasteiger partial charge in [-0.25, -0.2) is 4.68 Å². The van der Waals surface area contributed by atoms with Gasteiger partial charge in [-0.3, -0.25) is 4.79 Å². The molecule has 0 atom stereocenters. The molecule has 0 unspecified atom stereocenters. The summed E-state index contributed by atoms with van der Waals surface area (Å²) in [5.74, 6) is 0. The molecule has 1 aromatic heterocycles. The standard InChI is InChI=1S/C10H10N4O.ClH/c15-10-8-3-1-2-4-9(8)12-13-14(10)7-5-11-6-7;/h1-4,7,11H,5-6H2;1H. The van der Waals surface area contributed by atoms with E-state index >= 15 is 0 Å². The van der Waals surface area contributed by atoms with Gasteiger partial charge >= 0.3 is 0 Å². The molecule has 0 amide bonds. The van der Waals surface area contributed by atoms with Crippen molar-refractivity contribution in [2.45, 2.75) is 6.04 Å². The van der Waals surface area contributed by atoms with Crippen molar-refractivity contribution in [1.82, 2.24) is 20.3 Å². The van der Waals surface area contributed by atoms with Crippen LogP contribution in [0.25, 0.3) is 10.9 Å². The lowest BCUT2D eigenvalue weighted by Gasteiger charge is -2.27. The number of fused-ring (bicyclic) bond motifs is 1. The zero-order valence-corrected chi connectivity index (χ0v) is 9.28. The monoisotopic (exact) mass is 238 g/mol. The molecule has 1 aliphatic rings. The van der Waals surface area contributed by atoms with Crippen LogP contribution in [0, 0.1) is 0 Å². The second kappa shape index (κ2) is 4.19. The summed E-state index contributed by atoms with van der Waals surface area (Å²) in [5.41, 5.74) is 0.609. The predicted molar refractivity (Wildman–Crippen MR) is 63.0 cm³/mol. The first-order valence-electron chi connectivity index (χ1n) is 4.91. The first-order chi connectivity index (χ1) is 7.36. The molecule has 0 aliphatic carbocycles. The van der Waals surface area contributed by atoms with Crippen LogP contribution in [0.5, 0.6) is 0 Å². The number of halogens is 1. The molecular weight excluding hydrogens is 228 g/mol. The van der Waals surface area contributed by atoms with Crippen LogP contribution < -0.4 is 10.9 Å². The maximum atomic E-state index is 12.0. The van der Waals surface area contributed by atoms with E-state index < -0.39 is 0 Å². The average Bonchev–Trinajstić information content (AvgIpc) is 2.20. The van der Waals surface area contributed by atoms with Gasteiger partial charge < -0.3 is 5.32 Å². The molecule has 0 saturated carbocycles. The van der Waals surface area contributed by atoms with Crippen LogP contribution >= 0.6 is 12.4 Å². The Balaban J connectivity index is 0.000000963. The first-order valence-corrected chi connectivity index (χ1v) is 4.91. The number of aromatic nitrogens is 3. The van der Waals surface area contributed by atoms with E-state index in [1.54, 1.807) is 12.1 Å². The van der Waals surface area contributed by atoms with Gasteiger partial charge in [0.05, 0.1) is 11.4 Å². The number of benzene rings is 1. The van der Waals surface area contributed by atoms with Gasteiger partial charge in [0.1, 0.15) is 5.52 Å². The molecule has 0 radical (unpaired) electrons. The third-order valence-electron chi connectivity index (χ3n) is 2.70. The fourth-order valence-electron chi connectivity index (χ4n) is 1.69. The molecular formula is C10H11ClN4O. The van der Waals surface area contributed by atoms with Gasteiger partial charge in [-0.05, 0) is 12.1 Å². The number of hydrogen-bond acceptors (Lipinski definition) is 4. The molecule has 5 nitrogen and oxygen atoms in total. The molecule has 0 spiro atoms. The van der Waals surface area contributed by atoms with E-state index in [-0.39, 0.29) is 24.0 Å². The summed E-state index contributed by atoms with van der Waals surface area (Å²) in [6.07, 6.45) is 0. The Labute approximate surface area is 97.9 Å². The molecule has 1 aromatic carbocycles. The van der Waals surface area contributed by atoms with Gasteiger partial charge in [0.25, 0.3) is 5.56 Å². The van der Waals surface area contributed by atoms with E-state index in [9.17, 15) is 4.79 Å². The maximum Gasteiger partial charge on any atom is 0.277 e. The van der Waals surface area contributed by atoms with Gasteiger partial charge in [-0.15, -0.1) is 17.5 Å². The normalized spacial score (nSPS) is 15.5. The van der Waals surface area contributed by atoms with Crippen LogP contribution in [0.4, 0.5) is 0 Å². The van der Waals surface area contributed by atoms with Crippen LogP contribution in [-0.2, 0) is 0 Å². The zero-order valence-electron chi connectivity index (χ0n) is 8.46. The van der Waals surface area contributed by atoms with Crippen molar-refractivity contribution in [3.63, 3.8) is 0 Å². The van der Waals surface area contributed by atoms with Crippen molar-refractivity contribution in [2.24, 2.45) is 0 Å². The van der Waals surface area contributed by atoms with Crippen LogP contribution in [0.15, 0.2) is 29.1 Å². The summed E-state index contributed by atoms with van der Waals surface area (Å²) in [6.45, 7) is 1.60. The zero-order chi connectivity index (χ0) is 10.3. The van der Waals surface area contributed by atoms with Crippen molar-refractivity contribution < 1.29 is 0 Å². The third kappa shape index (κ3) is 1.58. The average molecular weight is 239 g/mol. The Bertz CT molecular complexity index is 564. The third-order valence-corrected chi connectivity index (χ3v) is 2.70. The van der Waals surface area contributed by atoms with Gasteiger partial charge in [0.15, 0.2) is 0 Å². The smallest absolute Gasteiger partial charge is 0.277 e. The van der Waals surface area contributed by atoms with E-state index in [0.717, 1.165) is 13.1 Å². The minimum Gasteiger partial charge on any atom is -0.312 e. The van der Waals surface area contributed by atoms with Gasteiger partial charge in [0.2, 0.25) is 0 Å². The number of nitrogens with zero attached hydrogens (tertiary/aromatic N) is 3. The van der Waals surface area contributed by atoms with Gasteiger partial charge in [0, 0.05) is 13.1 Å². The van der Waals surface area contributed by atoms with Crippen molar-refractivity contribution in [2.75, 3.05) is 13.1 Å². The SMILES string of the molecule is Cl.O=c1c2ccccc2nnn1C1CNC1. The minimum atomic E-state index is -0.0490. The molecule has 1 N–H and O–H groups in total. The highest BCUT2D eigenvalue weighted by Crippen LogP contribution is 2.09. The second-order valence-corrected chi connectivity index (χ2v) is 3.67. The number of rotatable bonds is 1. The summed E-state index contributed by atoms with van der Waals surface area (Å²) in [4.78, 5) is 12.0. The van der Waals surface area contributed by atoms with Gasteiger partial charge in [-0.2, -0.15) is 0 Å². The minimum absolute atomic E-state index is 0. The van der Waals surface area contributed by atoms with Crippen LogP contribution in [0.3, 0.4) is 0 Å². The van der Waals surface area contributed by atoms with E-state index in [2.05, 4.69) is 15.6 Å². The summed E-state index contributed by atoms with van der Waals surface area (Å²) in [5, 5.41) is 11.7. The summed E-state index contributed by atoms with van der Waals surface area (Å²) in [7, 11) is 0. The lowest BCUT2D eigenvalue weighted by molar-refractivity contribution is 0.300. The summed E-state index contributed by atoms with van der Waals surface area (Å²) < 4.78 is 1.47. The molecule has 1 saturated heterocycles. The van der Waals surface area contributed by atoms with E-state index in [0.29, 0.717) is 10.9 Å². The predicted octanol–water partition coefficient (Wildman–Crippen LogP) is 0.358. The Kier molecular flexibility index (Phi) is 2.89. The van der Waals surface area contributed by atoms with E-state index in [1.165, 1.54) is 4.68 Å². The van der Waals surface area contributed by atoms with E-state index in [1.807, 2.05) is 12.1 Å². The first kappa shape index (κ1) is 11.0. The number of hydrogen-bond donors (Lipinski definition) is 1. The molecule has 16 heavy (non-hydrogen) atoms. The number of nitrogens with one attached hydrogen (secondary N) is 1. The Hall–Kier alpha value is -1.46. The maximum absolute atomic E-state index is 12.0. The summed E-state index contributed by atoms with van der Waals surface area (Å²) in [6, 6.07) is 7.44. The van der Waals surface area contributed by atoms with E-state index in [4.69, 9.17) is 0 Å². The van der Waals surface area contributed by atoms with Gasteiger partial charge in [-0.1, -0.05) is 17.3 Å². The fourth-order valence-corrected chi connectivity index (χ4v) is 1.69. The molecule has 1 fully saturated rings. The molecule has 2 heterocycles. The molecule has 1 aliphatic heterocycles. The van der Waals surface area contributed by atoms with Crippen molar-refractivity contribution >= 4 is 23.3 Å². The largest absolute Gasteiger partial charge is 0.312 e. The van der Waals surface area contributed by atoms with Crippen LogP contribution in [-0.4, -0.2) is 28.1 Å². The van der Waals surface area contributed by atoms with Crippen molar-refractivity contribution in [3.8, 4) is 0 Å². The Morgan fingerprint density at radius 1 is 1.31 bits per heavy atom. The molecule has 84 valence electrons. The topological polar surface area (TPSA) is 59.8 Å². The quantitative estimate of drug-likeness (QED) is 0.779.